The Kier molecular flexibility index (Phi) is 7.60. The third-order valence-corrected chi connectivity index (χ3v) is 10.8. The van der Waals surface area contributed by atoms with Crippen LogP contribution in [0.4, 0.5) is 5.13 Å². The van der Waals surface area contributed by atoms with E-state index in [0.717, 1.165) is 24.7 Å². The predicted octanol–water partition coefficient (Wildman–Crippen LogP) is 4.97. The van der Waals surface area contributed by atoms with Gasteiger partial charge in [0.1, 0.15) is 0 Å². The molecule has 4 aromatic rings. The number of carbonyl (C=O) groups excluding carboxylic acids is 1. The van der Waals surface area contributed by atoms with Crippen molar-refractivity contribution in [2.75, 3.05) is 24.2 Å². The number of thiazole rings is 1. The summed E-state index contributed by atoms with van der Waals surface area (Å²) in [6.45, 7) is 3.28. The lowest BCUT2D eigenvalue weighted by atomic mass is 10.0. The summed E-state index contributed by atoms with van der Waals surface area (Å²) in [4.78, 5) is 20.3. The van der Waals surface area contributed by atoms with Gasteiger partial charge < -0.3 is 0 Å². The first-order chi connectivity index (χ1) is 18.5. The van der Waals surface area contributed by atoms with Crippen LogP contribution in [-0.4, -0.2) is 51.4 Å². The molecule has 0 radical (unpaired) electrons. The molecule has 3 aromatic carbocycles. The number of amides is 1. The summed E-state index contributed by atoms with van der Waals surface area (Å²) in [6.07, 6.45) is 2.99. The van der Waals surface area contributed by atoms with E-state index >= 15 is 0 Å². The number of hydrogen-bond acceptors (Lipinski definition) is 7. The fourth-order valence-corrected chi connectivity index (χ4v) is 7.99. The summed E-state index contributed by atoms with van der Waals surface area (Å²) in [5, 5.41) is 0.420. The van der Waals surface area contributed by atoms with Crippen molar-refractivity contribution in [3.8, 4) is 0 Å². The lowest BCUT2D eigenvalue weighted by Crippen LogP contribution is -2.39. The van der Waals surface area contributed by atoms with Crippen molar-refractivity contribution in [3.05, 3.63) is 83.9 Å². The van der Waals surface area contributed by atoms with Gasteiger partial charge in [-0.05, 0) is 66.8 Å². The smallest absolute Gasteiger partial charge is 0.260 e. The van der Waals surface area contributed by atoms with Gasteiger partial charge in [0.15, 0.2) is 15.0 Å². The van der Waals surface area contributed by atoms with Crippen LogP contribution in [0.15, 0.2) is 82.6 Å². The average Bonchev–Trinajstić information content (AvgIpc) is 3.35. The zero-order valence-corrected chi connectivity index (χ0v) is 24.1. The summed E-state index contributed by atoms with van der Waals surface area (Å²) in [5.74, 6) is -0.0277. The second-order valence-electron chi connectivity index (χ2n) is 9.91. The zero-order valence-electron chi connectivity index (χ0n) is 21.6. The van der Waals surface area contributed by atoms with Crippen LogP contribution in [0.2, 0.25) is 0 Å². The minimum Gasteiger partial charge on any atom is -0.279 e. The highest BCUT2D eigenvalue weighted by atomic mass is 32.2. The molecule has 1 unspecified atom stereocenters. The van der Waals surface area contributed by atoms with Crippen LogP contribution in [0.3, 0.4) is 0 Å². The molecular formula is C28H29N3O5S3. The fraction of sp³-hybridized carbons (Fsp3) is 0.286. The number of nitrogens with zero attached hydrogens (tertiary/aromatic N) is 3. The molecule has 204 valence electrons. The molecule has 39 heavy (non-hydrogen) atoms. The number of piperidine rings is 1. The molecule has 0 aliphatic carbocycles. The van der Waals surface area contributed by atoms with E-state index in [4.69, 9.17) is 0 Å². The average molecular weight is 584 g/mol. The van der Waals surface area contributed by atoms with Gasteiger partial charge in [0.2, 0.25) is 10.0 Å². The first-order valence-electron chi connectivity index (χ1n) is 12.6. The molecule has 0 saturated carbocycles. The van der Waals surface area contributed by atoms with E-state index in [1.807, 2.05) is 30.3 Å². The van der Waals surface area contributed by atoms with Crippen LogP contribution in [0, 0.1) is 5.92 Å². The highest BCUT2D eigenvalue weighted by Gasteiger charge is 2.29. The summed E-state index contributed by atoms with van der Waals surface area (Å²) in [5.41, 5.74) is 1.80. The van der Waals surface area contributed by atoms with Crippen LogP contribution in [-0.2, 0) is 26.4 Å². The summed E-state index contributed by atoms with van der Waals surface area (Å²) >= 11 is 1.23. The Balaban J connectivity index is 1.48. The SMILES string of the molecule is CC1CCCN(S(=O)(=O)c2ccc(C(=O)N(Cc3ccccc3)c3nc4ccc(S(C)(=O)=O)cc4s3)cc2)C1. The fourth-order valence-electron chi connectivity index (χ4n) is 4.67. The maximum absolute atomic E-state index is 13.8. The van der Waals surface area contributed by atoms with Gasteiger partial charge in [0.25, 0.3) is 5.91 Å². The van der Waals surface area contributed by atoms with Gasteiger partial charge in [0, 0.05) is 24.9 Å². The van der Waals surface area contributed by atoms with Crippen molar-refractivity contribution in [2.24, 2.45) is 5.92 Å². The Morgan fingerprint density at radius 1 is 1.00 bits per heavy atom. The minimum atomic E-state index is -3.64. The summed E-state index contributed by atoms with van der Waals surface area (Å²) in [6, 6.07) is 20.2. The molecule has 1 aliphatic rings. The van der Waals surface area contributed by atoms with Crippen molar-refractivity contribution in [2.45, 2.75) is 36.1 Å². The number of sulfone groups is 1. The van der Waals surface area contributed by atoms with E-state index < -0.39 is 19.9 Å². The van der Waals surface area contributed by atoms with Gasteiger partial charge in [-0.3, -0.25) is 9.69 Å². The van der Waals surface area contributed by atoms with Crippen molar-refractivity contribution >= 4 is 52.5 Å². The van der Waals surface area contributed by atoms with Crippen molar-refractivity contribution in [1.29, 1.82) is 0 Å². The molecule has 5 rings (SSSR count). The largest absolute Gasteiger partial charge is 0.279 e. The van der Waals surface area contributed by atoms with Crippen LogP contribution in [0.5, 0.6) is 0 Å². The van der Waals surface area contributed by atoms with Crippen molar-refractivity contribution in [3.63, 3.8) is 0 Å². The second kappa shape index (κ2) is 10.8. The van der Waals surface area contributed by atoms with E-state index in [2.05, 4.69) is 11.9 Å². The van der Waals surface area contributed by atoms with E-state index in [0.29, 0.717) is 39.9 Å². The Morgan fingerprint density at radius 3 is 2.36 bits per heavy atom. The molecule has 11 heteroatoms. The molecule has 0 N–H and O–H groups in total. The summed E-state index contributed by atoms with van der Waals surface area (Å²) in [7, 11) is -7.04. The normalized spacial score (nSPS) is 16.8. The molecule has 0 bridgehead atoms. The number of carbonyl (C=O) groups is 1. The topological polar surface area (TPSA) is 105 Å². The molecular weight excluding hydrogens is 555 g/mol. The second-order valence-corrected chi connectivity index (χ2v) is 14.9. The van der Waals surface area contributed by atoms with Crippen molar-refractivity contribution < 1.29 is 21.6 Å². The maximum Gasteiger partial charge on any atom is 0.260 e. The molecule has 1 aliphatic heterocycles. The number of rotatable bonds is 7. The molecule has 1 saturated heterocycles. The Hall–Kier alpha value is -3.12. The zero-order chi connectivity index (χ0) is 27.8. The van der Waals surface area contributed by atoms with Gasteiger partial charge in [-0.1, -0.05) is 48.6 Å². The minimum absolute atomic E-state index is 0.163. The van der Waals surface area contributed by atoms with E-state index in [1.165, 1.54) is 50.9 Å². The van der Waals surface area contributed by atoms with Crippen LogP contribution in [0.1, 0.15) is 35.7 Å². The number of benzene rings is 3. The van der Waals surface area contributed by atoms with Gasteiger partial charge in [-0.2, -0.15) is 4.31 Å². The van der Waals surface area contributed by atoms with Crippen molar-refractivity contribution in [1.82, 2.24) is 9.29 Å². The number of sulfonamides is 1. The third kappa shape index (κ3) is 5.91. The molecule has 1 fully saturated rings. The maximum atomic E-state index is 13.8. The van der Waals surface area contributed by atoms with E-state index in [1.54, 1.807) is 12.1 Å². The molecule has 1 amide bonds. The number of fused-ring (bicyclic) bond motifs is 1. The third-order valence-electron chi connectivity index (χ3n) is 6.80. The number of anilines is 1. The number of hydrogen-bond donors (Lipinski definition) is 0. The van der Waals surface area contributed by atoms with Crippen LogP contribution >= 0.6 is 11.3 Å². The molecule has 0 spiro atoms. The summed E-state index contributed by atoms with van der Waals surface area (Å²) < 4.78 is 52.6. The Bertz CT molecular complexity index is 1720. The van der Waals surface area contributed by atoms with Gasteiger partial charge in [0.05, 0.1) is 26.6 Å². The molecule has 1 atom stereocenters. The monoisotopic (exact) mass is 583 g/mol. The lowest BCUT2D eigenvalue weighted by Gasteiger charge is -2.30. The van der Waals surface area contributed by atoms with Gasteiger partial charge in [-0.25, -0.2) is 21.8 Å². The molecule has 8 nitrogen and oxygen atoms in total. The predicted molar refractivity (Wildman–Crippen MR) is 153 cm³/mol. The highest BCUT2D eigenvalue weighted by molar-refractivity contribution is 7.90. The van der Waals surface area contributed by atoms with Gasteiger partial charge >= 0.3 is 0 Å². The quantitative estimate of drug-likeness (QED) is 0.304. The molecule has 2 heterocycles. The van der Waals surface area contributed by atoms with Crippen LogP contribution in [0.25, 0.3) is 10.2 Å². The Labute approximate surface area is 232 Å². The highest BCUT2D eigenvalue weighted by Crippen LogP contribution is 2.33. The van der Waals surface area contributed by atoms with Gasteiger partial charge in [-0.15, -0.1) is 0 Å². The Morgan fingerprint density at radius 2 is 1.69 bits per heavy atom. The standard InChI is InChI=1S/C28H29N3O5S3/c1-20-7-6-16-30(18-20)39(35,36)23-12-10-22(11-13-23)27(32)31(19-21-8-4-3-5-9-21)28-29-25-15-14-24(38(2,33)34)17-26(25)37-28/h3-5,8-15,17,20H,6-7,16,18-19H2,1-2H3. The lowest BCUT2D eigenvalue weighted by molar-refractivity contribution is 0.0985. The number of aromatic nitrogens is 1. The van der Waals surface area contributed by atoms with E-state index in [-0.39, 0.29) is 22.2 Å². The van der Waals surface area contributed by atoms with E-state index in [9.17, 15) is 21.6 Å². The van der Waals surface area contributed by atoms with Crippen LogP contribution < -0.4 is 4.90 Å². The molecule has 1 aromatic heterocycles. The first kappa shape index (κ1) is 27.4. The first-order valence-corrected chi connectivity index (χ1v) is 16.7.